The molecular weight excluding hydrogens is 474 g/mol. The molecule has 0 bridgehead atoms. The molecule has 36 heavy (non-hydrogen) atoms. The first kappa shape index (κ1) is 30.3. The fourth-order valence-corrected chi connectivity index (χ4v) is 3.11. The highest BCUT2D eigenvalue weighted by Crippen LogP contribution is 2.08. The van der Waals surface area contributed by atoms with Crippen LogP contribution in [-0.2, 0) is 25.6 Å². The number of aliphatic hydroxyl groups excluding tert-OH is 1. The molecule has 0 radical (unpaired) electrons. The van der Waals surface area contributed by atoms with Gasteiger partial charge in [0.1, 0.15) is 18.1 Å². The molecule has 15 nitrogen and oxygen atoms in total. The molecule has 0 saturated carbocycles. The molecule has 12 N–H and O–H groups in total. The topological polar surface area (TPSA) is 264 Å². The molecule has 0 saturated heterocycles. The van der Waals surface area contributed by atoms with Crippen LogP contribution in [0.25, 0.3) is 0 Å². The van der Waals surface area contributed by atoms with Crippen molar-refractivity contribution in [2.75, 3.05) is 13.2 Å². The van der Waals surface area contributed by atoms with Crippen LogP contribution >= 0.6 is 0 Å². The highest BCUT2D eigenvalue weighted by atomic mass is 16.4. The van der Waals surface area contributed by atoms with Gasteiger partial charge in [-0.15, -0.1) is 0 Å². The number of nitrogens with zero attached hydrogens (tertiary/aromatic N) is 2. The minimum Gasteiger partial charge on any atom is -0.480 e. The first-order valence-electron chi connectivity index (χ1n) is 11.5. The Hall–Kier alpha value is -3.72. The first-order valence-corrected chi connectivity index (χ1v) is 11.5. The molecule has 202 valence electrons. The molecule has 0 fully saturated rings. The molecule has 5 atom stereocenters. The lowest BCUT2D eigenvalue weighted by Gasteiger charge is -2.25. The van der Waals surface area contributed by atoms with E-state index in [0.717, 1.165) is 0 Å². The van der Waals surface area contributed by atoms with Crippen molar-refractivity contribution < 1.29 is 29.4 Å². The van der Waals surface area contributed by atoms with E-state index in [1.54, 1.807) is 0 Å². The van der Waals surface area contributed by atoms with Crippen molar-refractivity contribution in [3.63, 3.8) is 0 Å². The van der Waals surface area contributed by atoms with E-state index in [1.165, 1.54) is 12.5 Å². The fourth-order valence-electron chi connectivity index (χ4n) is 3.11. The highest BCUT2D eigenvalue weighted by Gasteiger charge is 2.31. The Labute approximate surface area is 208 Å². The maximum Gasteiger partial charge on any atom is 0.328 e. The number of H-pyrrole nitrogens is 1. The normalized spacial score (nSPS) is 15.0. The monoisotopic (exact) mass is 511 g/mol. The zero-order chi connectivity index (χ0) is 27.3. The van der Waals surface area contributed by atoms with Crippen molar-refractivity contribution >= 4 is 29.7 Å². The molecule has 15 heteroatoms. The third-order valence-electron chi connectivity index (χ3n) is 5.55. The lowest BCUT2D eigenvalue weighted by Crippen LogP contribution is -2.58. The summed E-state index contributed by atoms with van der Waals surface area (Å²) in [7, 11) is 0. The van der Waals surface area contributed by atoms with E-state index in [-0.39, 0.29) is 37.7 Å². The third-order valence-corrected chi connectivity index (χ3v) is 5.55. The van der Waals surface area contributed by atoms with E-state index in [4.69, 9.17) is 22.3 Å². The summed E-state index contributed by atoms with van der Waals surface area (Å²) in [5.41, 5.74) is 17.2. The Balaban J connectivity index is 3.07. The van der Waals surface area contributed by atoms with Crippen molar-refractivity contribution in [2.24, 2.45) is 28.1 Å². The number of carboxylic acids is 1. The zero-order valence-electron chi connectivity index (χ0n) is 20.4. The number of nitrogens with two attached hydrogens (primary N) is 3. The molecule has 0 aliphatic carbocycles. The molecule has 1 rings (SSSR count). The van der Waals surface area contributed by atoms with Crippen molar-refractivity contribution in [3.05, 3.63) is 18.2 Å². The number of rotatable bonds is 16. The van der Waals surface area contributed by atoms with Crippen LogP contribution in [0.3, 0.4) is 0 Å². The molecule has 0 aliphatic heterocycles. The Morgan fingerprint density at radius 1 is 1.08 bits per heavy atom. The molecule has 0 spiro atoms. The van der Waals surface area contributed by atoms with Gasteiger partial charge in [-0.1, -0.05) is 20.3 Å². The Morgan fingerprint density at radius 2 is 1.69 bits per heavy atom. The molecule has 0 aliphatic rings. The number of carbonyl (C=O) groups is 4. The number of nitrogens with one attached hydrogen (secondary N) is 4. The summed E-state index contributed by atoms with van der Waals surface area (Å²) >= 11 is 0. The van der Waals surface area contributed by atoms with Crippen molar-refractivity contribution in [2.45, 2.75) is 63.7 Å². The lowest BCUT2D eigenvalue weighted by molar-refractivity contribution is -0.143. The van der Waals surface area contributed by atoms with Crippen LogP contribution in [0.5, 0.6) is 0 Å². The number of aliphatic hydroxyl groups is 1. The van der Waals surface area contributed by atoms with Gasteiger partial charge < -0.3 is 48.3 Å². The number of aliphatic imine (C=N–C) groups is 1. The number of aromatic nitrogens is 2. The number of carbonyl (C=O) groups excluding carboxylic acids is 3. The van der Waals surface area contributed by atoms with Gasteiger partial charge in [-0.2, -0.15) is 0 Å². The summed E-state index contributed by atoms with van der Waals surface area (Å²) in [4.78, 5) is 60.4. The molecule has 3 amide bonds. The van der Waals surface area contributed by atoms with Gasteiger partial charge in [0, 0.05) is 24.9 Å². The molecule has 5 unspecified atom stereocenters. The van der Waals surface area contributed by atoms with Gasteiger partial charge in [-0.25, -0.2) is 9.78 Å². The van der Waals surface area contributed by atoms with Crippen LogP contribution in [-0.4, -0.2) is 87.2 Å². The Kier molecular flexibility index (Phi) is 12.9. The second-order valence-electron chi connectivity index (χ2n) is 8.35. The van der Waals surface area contributed by atoms with E-state index < -0.39 is 54.5 Å². The summed E-state index contributed by atoms with van der Waals surface area (Å²) in [5, 5.41) is 25.7. The van der Waals surface area contributed by atoms with Gasteiger partial charge in [0.2, 0.25) is 17.7 Å². The third kappa shape index (κ3) is 10.3. The van der Waals surface area contributed by atoms with Crippen LogP contribution in [0, 0.1) is 5.92 Å². The minimum atomic E-state index is -1.57. The number of hydrogen-bond donors (Lipinski definition) is 9. The summed E-state index contributed by atoms with van der Waals surface area (Å²) in [6.07, 6.45) is 3.89. The molecule has 1 aromatic rings. The van der Waals surface area contributed by atoms with Crippen LogP contribution in [0.1, 0.15) is 38.8 Å². The smallest absolute Gasteiger partial charge is 0.328 e. The van der Waals surface area contributed by atoms with Crippen LogP contribution in [0.2, 0.25) is 0 Å². The minimum absolute atomic E-state index is 0.0293. The predicted molar refractivity (Wildman–Crippen MR) is 130 cm³/mol. The second-order valence-corrected chi connectivity index (χ2v) is 8.35. The largest absolute Gasteiger partial charge is 0.480 e. The quantitative estimate of drug-likeness (QED) is 0.0613. The maximum atomic E-state index is 13.2. The van der Waals surface area contributed by atoms with E-state index >= 15 is 0 Å². The van der Waals surface area contributed by atoms with Gasteiger partial charge in [0.25, 0.3) is 0 Å². The van der Waals surface area contributed by atoms with E-state index in [0.29, 0.717) is 12.1 Å². The van der Waals surface area contributed by atoms with Crippen LogP contribution < -0.4 is 33.2 Å². The lowest BCUT2D eigenvalue weighted by atomic mass is 9.98. The van der Waals surface area contributed by atoms with Gasteiger partial charge in [0.05, 0.1) is 19.0 Å². The van der Waals surface area contributed by atoms with Crippen LogP contribution in [0.15, 0.2) is 17.5 Å². The first-order chi connectivity index (χ1) is 17.0. The fraction of sp³-hybridized carbons (Fsp3) is 0.619. The van der Waals surface area contributed by atoms with Gasteiger partial charge >= 0.3 is 5.97 Å². The number of aromatic amines is 1. The summed E-state index contributed by atoms with van der Waals surface area (Å²) in [5.74, 6) is -3.80. The number of aliphatic carboxylic acids is 1. The van der Waals surface area contributed by atoms with Crippen molar-refractivity contribution in [1.82, 2.24) is 25.9 Å². The predicted octanol–water partition coefficient (Wildman–Crippen LogP) is -3.09. The van der Waals surface area contributed by atoms with Gasteiger partial charge in [-0.3, -0.25) is 19.4 Å². The maximum absolute atomic E-state index is 13.2. The molecule has 1 heterocycles. The highest BCUT2D eigenvalue weighted by molar-refractivity contribution is 5.94. The molecule has 0 aromatic carbocycles. The van der Waals surface area contributed by atoms with E-state index in [9.17, 15) is 24.3 Å². The van der Waals surface area contributed by atoms with E-state index in [2.05, 4.69) is 30.9 Å². The number of amides is 3. The van der Waals surface area contributed by atoms with Gasteiger partial charge in [-0.05, 0) is 18.8 Å². The second kappa shape index (κ2) is 15.3. The zero-order valence-corrected chi connectivity index (χ0v) is 20.4. The summed E-state index contributed by atoms with van der Waals surface area (Å²) in [6.45, 7) is 3.00. The van der Waals surface area contributed by atoms with Gasteiger partial charge in [0.15, 0.2) is 5.96 Å². The Bertz CT molecular complexity index is 888. The number of hydrogen-bond acceptors (Lipinski definition) is 8. The average molecular weight is 512 g/mol. The molecule has 1 aromatic heterocycles. The van der Waals surface area contributed by atoms with Crippen molar-refractivity contribution in [1.29, 1.82) is 0 Å². The van der Waals surface area contributed by atoms with E-state index in [1.807, 2.05) is 13.8 Å². The standard InChI is InChI=1S/C21H37N9O6/c1-3-11(2)16(22)19(34)29-14(7-12-8-25-10-27-12)18(33)28-13(5-4-6-26-21(23)24)17(32)30-15(9-31)20(35)36/h8,10-11,13-16,31H,3-7,9,22H2,1-2H3,(H,25,27)(H,28,33)(H,29,34)(H,30,32)(H,35,36)(H4,23,24,26). The van der Waals surface area contributed by atoms with Crippen molar-refractivity contribution in [3.8, 4) is 0 Å². The van der Waals surface area contributed by atoms with Crippen LogP contribution in [0.4, 0.5) is 0 Å². The average Bonchev–Trinajstić information content (AvgIpc) is 3.35. The number of imidazole rings is 1. The summed E-state index contributed by atoms with van der Waals surface area (Å²) < 4.78 is 0. The Morgan fingerprint density at radius 3 is 2.22 bits per heavy atom. The number of guanidine groups is 1. The number of carboxylic acid groups (broad SMARTS) is 1. The SMILES string of the molecule is CCC(C)C(N)C(=O)NC(Cc1cnc[nH]1)C(=O)NC(CCCN=C(N)N)C(=O)NC(CO)C(=O)O. The summed E-state index contributed by atoms with van der Waals surface area (Å²) in [6, 6.07) is -4.74. The molecular formula is C21H37N9O6.